The van der Waals surface area contributed by atoms with E-state index in [1.165, 1.54) is 12.1 Å². The van der Waals surface area contributed by atoms with Crippen LogP contribution in [0, 0.1) is 0 Å². The fourth-order valence-corrected chi connectivity index (χ4v) is 5.13. The second-order valence-corrected chi connectivity index (χ2v) is 15.0. The first kappa shape index (κ1) is 33.5. The zero-order chi connectivity index (χ0) is 22.6. The molecule has 0 aromatic heterocycles. The van der Waals surface area contributed by atoms with Gasteiger partial charge in [-0.1, -0.05) is 12.1 Å². The molecule has 8 N–H and O–H groups in total. The molecule has 0 unspecified atom stereocenters. The van der Waals surface area contributed by atoms with Crippen LogP contribution in [0.5, 0.6) is 0 Å². The number of carbonyl (C=O) groups excluding carboxylic acids is 2. The Hall–Kier alpha value is -0.640. The lowest BCUT2D eigenvalue weighted by atomic mass is 10.1. The smallest absolute Gasteiger partial charge is 0.252 e. The van der Waals surface area contributed by atoms with Gasteiger partial charge in [0.15, 0.2) is 38.1 Å². The summed E-state index contributed by atoms with van der Waals surface area (Å²) in [5, 5.41) is 61.6. The van der Waals surface area contributed by atoms with Gasteiger partial charge in [-0.3, -0.25) is 9.59 Å². The zero-order valence-electron chi connectivity index (χ0n) is 17.5. The topological polar surface area (TPSA) is 180 Å². The highest BCUT2D eigenvalue weighted by Gasteiger charge is 2.36. The van der Waals surface area contributed by atoms with E-state index in [1.807, 2.05) is 0 Å². The number of aliphatic hydroxyl groups excluding tert-OH is 6. The Morgan fingerprint density at radius 1 is 0.625 bits per heavy atom. The van der Waals surface area contributed by atoms with Gasteiger partial charge in [0.2, 0.25) is 0 Å². The lowest BCUT2D eigenvalue weighted by Crippen LogP contribution is -3.00. The summed E-state index contributed by atoms with van der Waals surface area (Å²) in [5.74, 6) is -1.01. The fraction of sp³-hybridized carbons (Fsp3) is 0.556. The van der Waals surface area contributed by atoms with E-state index in [-0.39, 0.29) is 99.4 Å². The van der Waals surface area contributed by atoms with Crippen molar-refractivity contribution < 1.29 is 65.0 Å². The molecule has 2 amide bonds. The number of aliphatic hydroxyl groups is 6. The van der Waals surface area contributed by atoms with Gasteiger partial charge in [-0.25, -0.2) is 0 Å². The Labute approximate surface area is 200 Å². The molecule has 0 saturated heterocycles. The van der Waals surface area contributed by atoms with Crippen molar-refractivity contribution in [3.63, 3.8) is 0 Å². The molecule has 0 spiro atoms. The Kier molecular flexibility index (Phi) is 17.7. The SMILES string of the molecule is O=C(NCC[P+](CO)(CO)CO)c1ccccc1C(=O)NCC[P+](CO)(CO)CO.[Cl-].[Cl-]. The number of carbonyl (C=O) groups is 2. The van der Waals surface area contributed by atoms with E-state index in [2.05, 4.69) is 10.6 Å². The van der Waals surface area contributed by atoms with Gasteiger partial charge in [0.25, 0.3) is 11.8 Å². The van der Waals surface area contributed by atoms with Crippen molar-refractivity contribution in [2.24, 2.45) is 0 Å². The summed E-state index contributed by atoms with van der Waals surface area (Å²) in [5.41, 5.74) is 0.284. The Morgan fingerprint density at radius 2 is 0.906 bits per heavy atom. The van der Waals surface area contributed by atoms with Crippen LogP contribution in [0.3, 0.4) is 0 Å². The molecule has 0 aliphatic heterocycles. The number of rotatable bonds is 14. The van der Waals surface area contributed by atoms with Gasteiger partial charge in [-0.05, 0) is 12.1 Å². The predicted molar refractivity (Wildman–Crippen MR) is 117 cm³/mol. The number of amides is 2. The van der Waals surface area contributed by atoms with Crippen LogP contribution in [-0.2, 0) is 0 Å². The van der Waals surface area contributed by atoms with E-state index in [9.17, 15) is 40.2 Å². The Morgan fingerprint density at radius 3 is 1.16 bits per heavy atom. The van der Waals surface area contributed by atoms with Gasteiger partial charge in [0, 0.05) is 0 Å². The molecule has 0 aliphatic rings. The van der Waals surface area contributed by atoms with E-state index in [1.54, 1.807) is 12.1 Å². The van der Waals surface area contributed by atoms with Crippen molar-refractivity contribution in [1.29, 1.82) is 0 Å². The molecule has 1 aromatic carbocycles. The zero-order valence-corrected chi connectivity index (χ0v) is 20.8. The summed E-state index contributed by atoms with van der Waals surface area (Å²) < 4.78 is 0. The molecule has 1 rings (SSSR count). The monoisotopic (exact) mass is 536 g/mol. The van der Waals surface area contributed by atoms with Crippen molar-refractivity contribution in [3.05, 3.63) is 35.4 Å². The van der Waals surface area contributed by atoms with Crippen LogP contribution in [0.15, 0.2) is 24.3 Å². The summed E-state index contributed by atoms with van der Waals surface area (Å²) in [4.78, 5) is 25.1. The van der Waals surface area contributed by atoms with Crippen molar-refractivity contribution in [3.8, 4) is 0 Å². The maximum Gasteiger partial charge on any atom is 0.252 e. The molecule has 0 saturated carbocycles. The van der Waals surface area contributed by atoms with Gasteiger partial charge in [-0.2, -0.15) is 0 Å². The van der Waals surface area contributed by atoms with Crippen molar-refractivity contribution in [2.45, 2.75) is 0 Å². The molecule has 32 heavy (non-hydrogen) atoms. The van der Waals surface area contributed by atoms with Crippen LogP contribution >= 0.6 is 14.5 Å². The van der Waals surface area contributed by atoms with Crippen molar-refractivity contribution >= 4 is 26.3 Å². The molecule has 1 aromatic rings. The van der Waals surface area contributed by atoms with Crippen LogP contribution in [0.4, 0.5) is 0 Å². The number of hydrogen-bond donors (Lipinski definition) is 8. The Bertz CT molecular complexity index is 621. The third kappa shape index (κ3) is 9.31. The molecular formula is C18H32Cl2N2O8P2. The number of nitrogens with one attached hydrogen (secondary N) is 2. The lowest BCUT2D eigenvalue weighted by Gasteiger charge is -2.21. The van der Waals surface area contributed by atoms with E-state index in [4.69, 9.17) is 0 Å². The summed E-state index contributed by atoms with van der Waals surface area (Å²) in [6.45, 7) is 0.251. The first-order chi connectivity index (χ1) is 14.4. The lowest BCUT2D eigenvalue weighted by molar-refractivity contribution is -0.001000. The van der Waals surface area contributed by atoms with Gasteiger partial charge >= 0.3 is 0 Å². The second-order valence-electron chi connectivity index (χ2n) is 7.04. The number of hydrogen-bond acceptors (Lipinski definition) is 8. The van der Waals surface area contributed by atoms with Gasteiger partial charge < -0.3 is 66.1 Å². The average molecular weight is 537 g/mol. The van der Waals surface area contributed by atoms with Crippen LogP contribution in [0.25, 0.3) is 0 Å². The Balaban J connectivity index is 0. The van der Waals surface area contributed by atoms with Crippen LogP contribution in [0.2, 0.25) is 0 Å². The van der Waals surface area contributed by atoms with E-state index >= 15 is 0 Å². The van der Waals surface area contributed by atoms with Crippen molar-refractivity contribution in [2.75, 3.05) is 63.5 Å². The maximum atomic E-state index is 12.5. The maximum absolute atomic E-state index is 12.5. The molecular weight excluding hydrogens is 505 g/mol. The van der Waals surface area contributed by atoms with Crippen LogP contribution in [-0.4, -0.2) is 106 Å². The van der Waals surface area contributed by atoms with Crippen molar-refractivity contribution in [1.82, 2.24) is 10.6 Å². The number of benzene rings is 1. The van der Waals surface area contributed by atoms with Gasteiger partial charge in [-0.15, -0.1) is 0 Å². The quantitative estimate of drug-likeness (QED) is 0.108. The van der Waals surface area contributed by atoms with Gasteiger partial charge in [0.1, 0.15) is 0 Å². The highest BCUT2D eigenvalue weighted by molar-refractivity contribution is 7.75. The van der Waals surface area contributed by atoms with E-state index in [0.717, 1.165) is 0 Å². The molecule has 0 fully saturated rings. The van der Waals surface area contributed by atoms with Crippen LogP contribution in [0.1, 0.15) is 20.7 Å². The number of halogens is 2. The summed E-state index contributed by atoms with van der Waals surface area (Å²) in [6, 6.07) is 6.20. The molecule has 14 heteroatoms. The van der Waals surface area contributed by atoms with E-state index in [0.29, 0.717) is 0 Å². The third-order valence-corrected chi connectivity index (χ3v) is 10.9. The minimum Gasteiger partial charge on any atom is -1.00 e. The first-order valence-corrected chi connectivity index (χ1v) is 14.4. The fourth-order valence-electron chi connectivity index (χ4n) is 2.58. The predicted octanol–water partition coefficient (Wildman–Crippen LogP) is -7.11. The molecule has 0 bridgehead atoms. The molecule has 0 atom stereocenters. The first-order valence-electron chi connectivity index (χ1n) is 9.37. The van der Waals surface area contributed by atoms with Crippen LogP contribution < -0.4 is 35.4 Å². The average Bonchev–Trinajstić information content (AvgIpc) is 2.80. The van der Waals surface area contributed by atoms with Gasteiger partial charge in [0.05, 0.1) is 51.1 Å². The highest BCUT2D eigenvalue weighted by atomic mass is 35.5. The molecule has 0 heterocycles. The summed E-state index contributed by atoms with van der Waals surface area (Å²) >= 11 is 0. The molecule has 0 aliphatic carbocycles. The van der Waals surface area contributed by atoms with E-state index < -0.39 is 26.3 Å². The minimum atomic E-state index is -2.34. The largest absolute Gasteiger partial charge is 1.00 e. The summed E-state index contributed by atoms with van der Waals surface area (Å²) in [7, 11) is -4.69. The molecule has 10 nitrogen and oxygen atoms in total. The second kappa shape index (κ2) is 16.9. The third-order valence-electron chi connectivity index (χ3n) is 4.96. The normalized spacial score (nSPS) is 11.2. The standard InChI is InChI=1S/C18H30N2O8P2.2ClH/c21-9-29(10-22,11-23)7-5-19-17(27)15-3-1-2-4-16(15)18(28)20-6-8-30(12-24,13-25)14-26;;/h1-4,21-26H,5-14H2;2*1H. The summed E-state index contributed by atoms with van der Waals surface area (Å²) in [6.07, 6.45) is -1.44. The molecule has 0 radical (unpaired) electrons. The minimum absolute atomic E-state index is 0. The highest BCUT2D eigenvalue weighted by Crippen LogP contribution is 2.55. The molecule has 186 valence electrons.